The van der Waals surface area contributed by atoms with Gasteiger partial charge in [-0.05, 0) is 30.4 Å². The maximum atomic E-state index is 12.1. The first-order valence-electron chi connectivity index (χ1n) is 6.45. The Labute approximate surface area is 120 Å². The number of carbonyl (C=O) groups excluding carboxylic acids is 1. The third-order valence-corrected chi connectivity index (χ3v) is 4.87. The molecule has 3 rings (SSSR count). The van der Waals surface area contributed by atoms with Crippen molar-refractivity contribution >= 4 is 21.8 Å². The fourth-order valence-electron chi connectivity index (χ4n) is 2.07. The number of fused-ring (bicyclic) bond motifs is 1. The van der Waals surface area contributed by atoms with Crippen LogP contribution in [-0.2, 0) is 4.79 Å². The van der Waals surface area contributed by atoms with Crippen LogP contribution in [0.2, 0.25) is 0 Å². The van der Waals surface area contributed by atoms with Crippen molar-refractivity contribution in [3.05, 3.63) is 24.3 Å². The Kier molecular flexibility index (Phi) is 3.39. The summed E-state index contributed by atoms with van der Waals surface area (Å²) < 4.78 is 11.2. The molecule has 1 aromatic rings. The molecule has 0 aromatic heterocycles. The van der Waals surface area contributed by atoms with E-state index in [0.29, 0.717) is 18.0 Å². The van der Waals surface area contributed by atoms with E-state index < -0.39 is 6.10 Å². The van der Waals surface area contributed by atoms with Gasteiger partial charge in [0.15, 0.2) is 11.5 Å². The highest BCUT2D eigenvalue weighted by Gasteiger charge is 2.42. The Bertz CT molecular complexity index is 487. The minimum Gasteiger partial charge on any atom is -0.485 e. The molecule has 1 N–H and O–H groups in total. The number of para-hydroxylation sites is 2. The predicted molar refractivity (Wildman–Crippen MR) is 74.8 cm³/mol. The molecule has 0 bridgehead atoms. The summed E-state index contributed by atoms with van der Waals surface area (Å²) in [4.78, 5) is 12.1. The summed E-state index contributed by atoms with van der Waals surface area (Å²) in [5.74, 6) is 1.24. The van der Waals surface area contributed by atoms with Gasteiger partial charge in [-0.15, -0.1) is 0 Å². The largest absolute Gasteiger partial charge is 0.485 e. The molecule has 1 aliphatic carbocycles. The van der Waals surface area contributed by atoms with E-state index in [2.05, 4.69) is 21.2 Å². The molecular weight excluding hydrogens is 310 g/mol. The molecule has 2 aliphatic rings. The van der Waals surface area contributed by atoms with Crippen LogP contribution in [0.15, 0.2) is 24.3 Å². The summed E-state index contributed by atoms with van der Waals surface area (Å²) in [5.41, 5.74) is 0.267. The third kappa shape index (κ3) is 2.71. The zero-order chi connectivity index (χ0) is 13.3. The summed E-state index contributed by atoms with van der Waals surface area (Å²) in [7, 11) is 0. The normalized spacial score (nSPS) is 22.7. The van der Waals surface area contributed by atoms with Crippen LogP contribution in [0.3, 0.4) is 0 Å². The van der Waals surface area contributed by atoms with Crippen molar-refractivity contribution in [1.82, 2.24) is 5.32 Å². The number of nitrogens with one attached hydrogen (secondary N) is 1. The van der Waals surface area contributed by atoms with Crippen LogP contribution in [0, 0.1) is 5.41 Å². The zero-order valence-corrected chi connectivity index (χ0v) is 12.1. The molecule has 1 unspecified atom stereocenters. The molecule has 1 heterocycles. The molecule has 102 valence electrons. The fourth-order valence-corrected chi connectivity index (χ4v) is 2.83. The number of hydrogen-bond donors (Lipinski definition) is 1. The Balaban J connectivity index is 1.57. The molecule has 1 aromatic carbocycles. The van der Waals surface area contributed by atoms with Gasteiger partial charge in [0.25, 0.3) is 5.91 Å². The molecule has 1 amide bonds. The molecular formula is C14H16BrNO3. The molecule has 4 nitrogen and oxygen atoms in total. The van der Waals surface area contributed by atoms with Crippen molar-refractivity contribution in [1.29, 1.82) is 0 Å². The number of halogens is 1. The molecule has 1 aliphatic heterocycles. The average Bonchev–Trinajstić information content (AvgIpc) is 3.25. The number of carbonyl (C=O) groups is 1. The smallest absolute Gasteiger partial charge is 0.264 e. The van der Waals surface area contributed by atoms with Crippen molar-refractivity contribution in [3.63, 3.8) is 0 Å². The van der Waals surface area contributed by atoms with Crippen LogP contribution < -0.4 is 14.8 Å². The first kappa shape index (κ1) is 12.8. The van der Waals surface area contributed by atoms with Crippen LogP contribution in [0.25, 0.3) is 0 Å². The first-order chi connectivity index (χ1) is 9.22. The lowest BCUT2D eigenvalue weighted by molar-refractivity contribution is -0.130. The number of alkyl halides is 1. The van der Waals surface area contributed by atoms with E-state index in [1.54, 1.807) is 0 Å². The second-order valence-electron chi connectivity index (χ2n) is 5.22. The van der Waals surface area contributed by atoms with Crippen molar-refractivity contribution in [3.8, 4) is 11.5 Å². The standard InChI is InChI=1S/C14H16BrNO3/c15-8-14(5-6-14)9-16-13(17)12-7-18-10-3-1-2-4-11(10)19-12/h1-4,12H,5-9H2,(H,16,17). The number of hydrogen-bond acceptors (Lipinski definition) is 3. The van der Waals surface area contributed by atoms with Crippen LogP contribution in [0.4, 0.5) is 0 Å². The van der Waals surface area contributed by atoms with Gasteiger partial charge in [-0.3, -0.25) is 4.79 Å². The van der Waals surface area contributed by atoms with Gasteiger partial charge in [0.05, 0.1) is 0 Å². The Hall–Kier alpha value is -1.23. The summed E-state index contributed by atoms with van der Waals surface area (Å²) in [6, 6.07) is 7.41. The summed E-state index contributed by atoms with van der Waals surface area (Å²) in [5, 5.41) is 3.90. The predicted octanol–water partition coefficient (Wildman–Crippen LogP) is 2.12. The molecule has 1 fully saturated rings. The van der Waals surface area contributed by atoms with Crippen molar-refractivity contribution in [2.24, 2.45) is 5.41 Å². The molecule has 0 saturated heterocycles. The average molecular weight is 326 g/mol. The number of rotatable bonds is 4. The summed E-state index contributed by atoms with van der Waals surface area (Å²) in [6.45, 7) is 0.975. The molecule has 0 spiro atoms. The quantitative estimate of drug-likeness (QED) is 0.862. The maximum Gasteiger partial charge on any atom is 0.264 e. The maximum absolute atomic E-state index is 12.1. The van der Waals surface area contributed by atoms with E-state index in [0.717, 1.165) is 5.33 Å². The highest BCUT2D eigenvalue weighted by Crippen LogP contribution is 2.46. The van der Waals surface area contributed by atoms with Gasteiger partial charge in [-0.2, -0.15) is 0 Å². The van der Waals surface area contributed by atoms with E-state index in [1.165, 1.54) is 12.8 Å². The van der Waals surface area contributed by atoms with E-state index in [1.807, 2.05) is 24.3 Å². The van der Waals surface area contributed by atoms with Gasteiger partial charge in [0, 0.05) is 11.9 Å². The lowest BCUT2D eigenvalue weighted by Crippen LogP contribution is -2.45. The molecule has 1 saturated carbocycles. The van der Waals surface area contributed by atoms with Crippen molar-refractivity contribution in [2.45, 2.75) is 18.9 Å². The second kappa shape index (κ2) is 5.04. The molecule has 5 heteroatoms. The Morgan fingerprint density at radius 3 is 2.79 bits per heavy atom. The topological polar surface area (TPSA) is 47.6 Å². The van der Waals surface area contributed by atoms with Gasteiger partial charge >= 0.3 is 0 Å². The van der Waals surface area contributed by atoms with Gasteiger partial charge in [0.1, 0.15) is 6.61 Å². The van der Waals surface area contributed by atoms with Crippen LogP contribution in [0.1, 0.15) is 12.8 Å². The van der Waals surface area contributed by atoms with Gasteiger partial charge < -0.3 is 14.8 Å². The zero-order valence-electron chi connectivity index (χ0n) is 10.5. The van der Waals surface area contributed by atoms with Gasteiger partial charge in [-0.25, -0.2) is 0 Å². The van der Waals surface area contributed by atoms with Gasteiger partial charge in [-0.1, -0.05) is 28.1 Å². The third-order valence-electron chi connectivity index (χ3n) is 3.68. The van der Waals surface area contributed by atoms with Crippen molar-refractivity contribution < 1.29 is 14.3 Å². The molecule has 1 atom stereocenters. The first-order valence-corrected chi connectivity index (χ1v) is 7.57. The molecule has 19 heavy (non-hydrogen) atoms. The lowest BCUT2D eigenvalue weighted by Gasteiger charge is -2.26. The Morgan fingerprint density at radius 2 is 2.11 bits per heavy atom. The minimum atomic E-state index is -0.555. The van der Waals surface area contributed by atoms with Gasteiger partial charge in [0.2, 0.25) is 6.10 Å². The van der Waals surface area contributed by atoms with E-state index in [9.17, 15) is 4.79 Å². The number of ether oxygens (including phenoxy) is 2. The van der Waals surface area contributed by atoms with E-state index >= 15 is 0 Å². The van der Waals surface area contributed by atoms with Crippen LogP contribution in [-0.4, -0.2) is 30.5 Å². The fraction of sp³-hybridized carbons (Fsp3) is 0.500. The van der Waals surface area contributed by atoms with Crippen molar-refractivity contribution in [2.75, 3.05) is 18.5 Å². The SMILES string of the molecule is O=C(NCC1(CBr)CC1)C1COc2ccccc2O1. The van der Waals surface area contributed by atoms with Crippen LogP contribution in [0.5, 0.6) is 11.5 Å². The number of benzene rings is 1. The molecule has 0 radical (unpaired) electrons. The van der Waals surface area contributed by atoms with E-state index in [4.69, 9.17) is 9.47 Å². The lowest BCUT2D eigenvalue weighted by atomic mass is 10.1. The Morgan fingerprint density at radius 1 is 1.37 bits per heavy atom. The highest BCUT2D eigenvalue weighted by atomic mass is 79.9. The van der Waals surface area contributed by atoms with Crippen LogP contribution >= 0.6 is 15.9 Å². The van der Waals surface area contributed by atoms with E-state index in [-0.39, 0.29) is 17.9 Å². The summed E-state index contributed by atoms with van der Waals surface area (Å²) >= 11 is 3.49. The number of amides is 1. The monoisotopic (exact) mass is 325 g/mol. The minimum absolute atomic E-state index is 0.0956. The second-order valence-corrected chi connectivity index (χ2v) is 5.78. The highest BCUT2D eigenvalue weighted by molar-refractivity contribution is 9.09. The summed E-state index contributed by atoms with van der Waals surface area (Å²) in [6.07, 6.45) is 1.79.